The van der Waals surface area contributed by atoms with E-state index in [1.807, 2.05) is 0 Å². The molecule has 0 radical (unpaired) electrons. The summed E-state index contributed by atoms with van der Waals surface area (Å²) in [4.78, 5) is 27.9. The van der Waals surface area contributed by atoms with E-state index in [0.29, 0.717) is 13.0 Å². The Morgan fingerprint density at radius 1 is 1.38 bits per heavy atom. The fourth-order valence-corrected chi connectivity index (χ4v) is 2.28. The lowest BCUT2D eigenvalue weighted by molar-refractivity contribution is 0.391. The summed E-state index contributed by atoms with van der Waals surface area (Å²) in [5.74, 6) is -0.884. The number of hydrogen-bond acceptors (Lipinski definition) is 6. The Morgan fingerprint density at radius 3 is 2.54 bits per heavy atom. The smallest absolute Gasteiger partial charge is 0.303 e. The highest BCUT2D eigenvalue weighted by molar-refractivity contribution is 5.65. The Hall–Kier alpha value is -3.00. The molecule has 0 saturated heterocycles. The van der Waals surface area contributed by atoms with Crippen molar-refractivity contribution in [3.63, 3.8) is 0 Å². The quantitative estimate of drug-likeness (QED) is 0.645. The second-order valence-electron chi connectivity index (χ2n) is 6.25. The van der Waals surface area contributed by atoms with Gasteiger partial charge in [-0.15, -0.1) is 0 Å². The first kappa shape index (κ1) is 19.3. The van der Waals surface area contributed by atoms with Gasteiger partial charge in [0.1, 0.15) is 17.3 Å². The molecule has 0 amide bonds. The second-order valence-corrected chi connectivity index (χ2v) is 6.25. The number of benzene rings is 1. The molecular formula is C18H21FN4O3. The molecule has 0 unspecified atom stereocenters. The maximum absolute atomic E-state index is 13.0. The summed E-state index contributed by atoms with van der Waals surface area (Å²) in [6, 6.07) is 5.86. The average Bonchev–Trinajstić information content (AvgIpc) is 2.62. The number of halogens is 1. The summed E-state index contributed by atoms with van der Waals surface area (Å²) in [5.41, 5.74) is -0.750. The molecule has 0 fully saturated rings. The van der Waals surface area contributed by atoms with Crippen molar-refractivity contribution in [2.45, 2.75) is 25.9 Å². The number of nitrogens with zero attached hydrogens (tertiary/aromatic N) is 2. The Balaban J connectivity index is 2.38. The van der Waals surface area contributed by atoms with Gasteiger partial charge in [0.2, 0.25) is 12.2 Å². The highest BCUT2D eigenvalue weighted by Gasteiger charge is 2.28. The number of carbonyl (C=O) groups is 1. The predicted molar refractivity (Wildman–Crippen MR) is 96.7 cm³/mol. The molecule has 0 spiro atoms. The third-order valence-electron chi connectivity index (χ3n) is 4.09. The lowest BCUT2D eigenvalue weighted by Gasteiger charge is -2.26. The second kappa shape index (κ2) is 7.49. The summed E-state index contributed by atoms with van der Waals surface area (Å²) >= 11 is 0. The van der Waals surface area contributed by atoms with Crippen molar-refractivity contribution in [2.75, 3.05) is 7.05 Å². The zero-order valence-electron chi connectivity index (χ0n) is 14.8. The van der Waals surface area contributed by atoms with E-state index in [1.54, 1.807) is 33.0 Å². The molecule has 0 aliphatic heterocycles. The highest BCUT2D eigenvalue weighted by Crippen LogP contribution is 2.22. The minimum atomic E-state index is -0.881. The zero-order valence-corrected chi connectivity index (χ0v) is 14.8. The van der Waals surface area contributed by atoms with Crippen LogP contribution >= 0.6 is 0 Å². The van der Waals surface area contributed by atoms with Gasteiger partial charge in [-0.25, -0.2) is 13.9 Å². The standard InChI is InChI=1S/C18H21FN4O3/c1-11(21-9-12-5-7-13(19)8-6-12)14-15(25)16(26)23(10-24)17(22-14)18(2,3)20-4/h5-8,10,20-21,25H,1,9H2,2-4H3. The molecule has 0 aliphatic rings. The van der Waals surface area contributed by atoms with Gasteiger partial charge in [-0.1, -0.05) is 18.7 Å². The third-order valence-corrected chi connectivity index (χ3v) is 4.09. The van der Waals surface area contributed by atoms with Gasteiger partial charge in [0, 0.05) is 6.54 Å². The lowest BCUT2D eigenvalue weighted by atomic mass is 10.0. The van der Waals surface area contributed by atoms with Crippen LogP contribution in [0, 0.1) is 5.82 Å². The van der Waals surface area contributed by atoms with E-state index in [-0.39, 0.29) is 23.0 Å². The van der Waals surface area contributed by atoms with Crippen LogP contribution in [0.5, 0.6) is 5.75 Å². The van der Waals surface area contributed by atoms with Crippen LogP contribution < -0.4 is 16.2 Å². The van der Waals surface area contributed by atoms with Crippen LogP contribution in [0.15, 0.2) is 35.6 Å². The van der Waals surface area contributed by atoms with Gasteiger partial charge in [0.25, 0.3) is 0 Å². The van der Waals surface area contributed by atoms with Gasteiger partial charge < -0.3 is 15.7 Å². The zero-order chi connectivity index (χ0) is 19.5. The summed E-state index contributed by atoms with van der Waals surface area (Å²) < 4.78 is 13.7. The summed E-state index contributed by atoms with van der Waals surface area (Å²) in [7, 11) is 1.66. The molecule has 1 aromatic heterocycles. The number of aromatic hydroxyl groups is 1. The predicted octanol–water partition coefficient (Wildman–Crippen LogP) is 1.34. The van der Waals surface area contributed by atoms with E-state index in [4.69, 9.17) is 0 Å². The van der Waals surface area contributed by atoms with E-state index < -0.39 is 16.8 Å². The topological polar surface area (TPSA) is 96.3 Å². The largest absolute Gasteiger partial charge is 0.501 e. The van der Waals surface area contributed by atoms with E-state index in [2.05, 4.69) is 22.2 Å². The minimum Gasteiger partial charge on any atom is -0.501 e. The molecule has 0 atom stereocenters. The molecule has 0 aliphatic carbocycles. The van der Waals surface area contributed by atoms with E-state index >= 15 is 0 Å². The fourth-order valence-electron chi connectivity index (χ4n) is 2.28. The Morgan fingerprint density at radius 2 is 2.00 bits per heavy atom. The minimum absolute atomic E-state index is 0.0477. The van der Waals surface area contributed by atoms with E-state index in [9.17, 15) is 19.1 Å². The molecule has 0 bridgehead atoms. The van der Waals surface area contributed by atoms with Gasteiger partial charge in [-0.3, -0.25) is 9.59 Å². The molecule has 1 heterocycles. The van der Waals surface area contributed by atoms with Gasteiger partial charge in [-0.05, 0) is 38.6 Å². The monoisotopic (exact) mass is 360 g/mol. The summed E-state index contributed by atoms with van der Waals surface area (Å²) in [6.07, 6.45) is 0.308. The van der Waals surface area contributed by atoms with Crippen molar-refractivity contribution in [1.82, 2.24) is 20.2 Å². The normalized spacial score (nSPS) is 11.2. The molecule has 0 saturated carbocycles. The number of hydrogen-bond donors (Lipinski definition) is 3. The van der Waals surface area contributed by atoms with Crippen molar-refractivity contribution < 1.29 is 14.3 Å². The first-order valence-electron chi connectivity index (χ1n) is 7.89. The Labute approximate surface area is 150 Å². The maximum atomic E-state index is 13.0. The molecule has 2 rings (SSSR count). The van der Waals surface area contributed by atoms with Gasteiger partial charge in [0.15, 0.2) is 0 Å². The molecule has 3 N–H and O–H groups in total. The molecule has 138 valence electrons. The number of aromatic nitrogens is 2. The average molecular weight is 360 g/mol. The first-order valence-corrected chi connectivity index (χ1v) is 7.89. The van der Waals surface area contributed by atoms with E-state index in [1.165, 1.54) is 12.1 Å². The van der Waals surface area contributed by atoms with Gasteiger partial charge in [0.05, 0.1) is 11.2 Å². The highest BCUT2D eigenvalue weighted by atomic mass is 19.1. The van der Waals surface area contributed by atoms with Crippen molar-refractivity contribution in [3.8, 4) is 5.75 Å². The van der Waals surface area contributed by atoms with Crippen LogP contribution in [0.2, 0.25) is 0 Å². The van der Waals surface area contributed by atoms with Crippen LogP contribution in [0.25, 0.3) is 5.70 Å². The Kier molecular flexibility index (Phi) is 5.56. The molecular weight excluding hydrogens is 339 g/mol. The number of rotatable bonds is 7. The van der Waals surface area contributed by atoms with Crippen LogP contribution in [-0.4, -0.2) is 28.1 Å². The van der Waals surface area contributed by atoms with Crippen molar-refractivity contribution in [2.24, 2.45) is 0 Å². The summed E-state index contributed by atoms with van der Waals surface area (Å²) in [5, 5.41) is 16.1. The fraction of sp³-hybridized carbons (Fsp3) is 0.278. The SMILES string of the molecule is C=C(NCc1ccc(F)cc1)c1nc(C(C)(C)NC)n(C=O)c(=O)c1O. The van der Waals surface area contributed by atoms with E-state index in [0.717, 1.165) is 10.1 Å². The maximum Gasteiger partial charge on any atom is 0.303 e. The molecule has 26 heavy (non-hydrogen) atoms. The third kappa shape index (κ3) is 3.80. The van der Waals surface area contributed by atoms with Crippen LogP contribution in [0.4, 0.5) is 4.39 Å². The lowest BCUT2D eigenvalue weighted by Crippen LogP contribution is -2.41. The Bertz CT molecular complexity index is 889. The van der Waals surface area contributed by atoms with Gasteiger partial charge in [-0.2, -0.15) is 0 Å². The van der Waals surface area contributed by atoms with Crippen LogP contribution in [0.1, 0.15) is 30.9 Å². The summed E-state index contributed by atoms with van der Waals surface area (Å²) in [6.45, 7) is 7.57. The van der Waals surface area contributed by atoms with Crippen molar-refractivity contribution in [3.05, 3.63) is 64.1 Å². The first-order chi connectivity index (χ1) is 12.2. The molecule has 7 nitrogen and oxygen atoms in total. The van der Waals surface area contributed by atoms with Crippen LogP contribution in [0.3, 0.4) is 0 Å². The number of carbonyl (C=O) groups excluding carboxylic acids is 1. The number of nitrogens with one attached hydrogen (secondary N) is 2. The molecule has 8 heteroatoms. The molecule has 1 aromatic carbocycles. The van der Waals surface area contributed by atoms with Gasteiger partial charge >= 0.3 is 5.56 Å². The molecule has 2 aromatic rings. The van der Waals surface area contributed by atoms with Crippen molar-refractivity contribution in [1.29, 1.82) is 0 Å². The van der Waals surface area contributed by atoms with Crippen molar-refractivity contribution >= 4 is 12.1 Å². The van der Waals surface area contributed by atoms with Crippen LogP contribution in [-0.2, 0) is 16.9 Å².